The lowest BCUT2D eigenvalue weighted by molar-refractivity contribution is 0.0940. The van der Waals surface area contributed by atoms with Gasteiger partial charge >= 0.3 is 0 Å². The largest absolute Gasteiger partial charge is 0.350 e. The zero-order chi connectivity index (χ0) is 17.8. The number of hydrogen-bond donors (Lipinski definition) is 1. The van der Waals surface area contributed by atoms with Crippen molar-refractivity contribution in [1.29, 1.82) is 0 Å². The maximum Gasteiger partial charge on any atom is 0.252 e. The van der Waals surface area contributed by atoms with Gasteiger partial charge in [-0.1, -0.05) is 36.9 Å². The van der Waals surface area contributed by atoms with E-state index in [0.29, 0.717) is 10.6 Å². The number of para-hydroxylation sites is 1. The van der Waals surface area contributed by atoms with Crippen molar-refractivity contribution in [3.63, 3.8) is 0 Å². The summed E-state index contributed by atoms with van der Waals surface area (Å²) < 4.78 is 13.1. The van der Waals surface area contributed by atoms with E-state index >= 15 is 0 Å². The summed E-state index contributed by atoms with van der Waals surface area (Å²) in [5.41, 5.74) is 1.37. The molecule has 3 aromatic rings. The van der Waals surface area contributed by atoms with E-state index in [4.69, 9.17) is 0 Å². The molecule has 0 aliphatic carbocycles. The van der Waals surface area contributed by atoms with Gasteiger partial charge in [0.25, 0.3) is 5.91 Å². The van der Waals surface area contributed by atoms with Crippen LogP contribution in [0.2, 0.25) is 0 Å². The Kier molecular flexibility index (Phi) is 5.34. The van der Waals surface area contributed by atoms with Crippen molar-refractivity contribution in [3.05, 3.63) is 66.0 Å². The molecule has 0 aliphatic heterocycles. The molecule has 0 bridgehead atoms. The van der Waals surface area contributed by atoms with E-state index in [0.717, 1.165) is 22.2 Å². The standard InChI is InChI=1S/C20H19FN2OS/c1-3-13(2)22-20(24)17-12-19(23-18-7-5-4-6-16(17)18)25-15-10-8-14(21)9-11-15/h4-13H,3H2,1-2H3,(H,22,24)/t13-/m1/s1. The van der Waals surface area contributed by atoms with Crippen LogP contribution in [0.3, 0.4) is 0 Å². The van der Waals surface area contributed by atoms with Gasteiger partial charge in [0.2, 0.25) is 0 Å². The topological polar surface area (TPSA) is 42.0 Å². The third kappa shape index (κ3) is 4.17. The minimum atomic E-state index is -0.274. The van der Waals surface area contributed by atoms with Gasteiger partial charge in [0, 0.05) is 16.3 Å². The van der Waals surface area contributed by atoms with E-state index < -0.39 is 0 Å². The molecule has 0 saturated carbocycles. The van der Waals surface area contributed by atoms with E-state index in [-0.39, 0.29) is 17.8 Å². The molecule has 1 aromatic heterocycles. The van der Waals surface area contributed by atoms with Gasteiger partial charge in [-0.15, -0.1) is 0 Å². The zero-order valence-corrected chi connectivity index (χ0v) is 14.9. The second-order valence-electron chi connectivity index (χ2n) is 5.86. The summed E-state index contributed by atoms with van der Waals surface area (Å²) in [7, 11) is 0. The quantitative estimate of drug-likeness (QED) is 0.697. The lowest BCUT2D eigenvalue weighted by Gasteiger charge is -2.14. The van der Waals surface area contributed by atoms with Crippen molar-refractivity contribution in [2.24, 2.45) is 0 Å². The molecule has 1 atom stereocenters. The first-order valence-electron chi connectivity index (χ1n) is 8.21. The molecule has 128 valence electrons. The molecule has 0 unspecified atom stereocenters. The molecule has 0 aliphatic rings. The fraction of sp³-hybridized carbons (Fsp3) is 0.200. The summed E-state index contributed by atoms with van der Waals surface area (Å²) in [6.45, 7) is 4.01. The number of aromatic nitrogens is 1. The Morgan fingerprint density at radius 2 is 1.92 bits per heavy atom. The molecule has 3 nitrogen and oxygen atoms in total. The third-order valence-corrected chi connectivity index (χ3v) is 4.89. The van der Waals surface area contributed by atoms with Crippen LogP contribution < -0.4 is 5.32 Å². The van der Waals surface area contributed by atoms with Crippen molar-refractivity contribution in [2.45, 2.75) is 36.2 Å². The second kappa shape index (κ2) is 7.66. The average molecular weight is 354 g/mol. The van der Waals surface area contributed by atoms with Gasteiger partial charge < -0.3 is 5.32 Å². The Hall–Kier alpha value is -2.40. The number of rotatable bonds is 5. The summed E-state index contributed by atoms with van der Waals surface area (Å²) in [5.74, 6) is -0.377. The maximum atomic E-state index is 13.1. The van der Waals surface area contributed by atoms with Gasteiger partial charge in [0.05, 0.1) is 11.1 Å². The minimum Gasteiger partial charge on any atom is -0.350 e. The van der Waals surface area contributed by atoms with Crippen molar-refractivity contribution in [2.75, 3.05) is 0 Å². The van der Waals surface area contributed by atoms with Gasteiger partial charge in [-0.2, -0.15) is 0 Å². The fourth-order valence-corrected chi connectivity index (χ4v) is 3.25. The van der Waals surface area contributed by atoms with Crippen LogP contribution in [0.4, 0.5) is 4.39 Å². The van der Waals surface area contributed by atoms with Gasteiger partial charge in [0.1, 0.15) is 10.8 Å². The number of fused-ring (bicyclic) bond motifs is 1. The molecular weight excluding hydrogens is 335 g/mol. The molecule has 0 radical (unpaired) electrons. The van der Waals surface area contributed by atoms with Gasteiger partial charge in [0.15, 0.2) is 0 Å². The molecule has 1 amide bonds. The van der Waals surface area contributed by atoms with Crippen molar-refractivity contribution >= 4 is 28.6 Å². The summed E-state index contributed by atoms with van der Waals surface area (Å²) in [6.07, 6.45) is 0.867. The molecule has 1 N–H and O–H groups in total. The summed E-state index contributed by atoms with van der Waals surface area (Å²) in [5, 5.41) is 4.54. The van der Waals surface area contributed by atoms with Crippen LogP contribution in [0.25, 0.3) is 10.9 Å². The van der Waals surface area contributed by atoms with Crippen LogP contribution in [0.1, 0.15) is 30.6 Å². The number of benzene rings is 2. The number of carbonyl (C=O) groups excluding carboxylic acids is 1. The summed E-state index contributed by atoms with van der Waals surface area (Å²) in [4.78, 5) is 18.2. The van der Waals surface area contributed by atoms with Crippen molar-refractivity contribution in [1.82, 2.24) is 10.3 Å². The molecule has 5 heteroatoms. The van der Waals surface area contributed by atoms with Crippen LogP contribution in [0.5, 0.6) is 0 Å². The number of hydrogen-bond acceptors (Lipinski definition) is 3. The highest BCUT2D eigenvalue weighted by Crippen LogP contribution is 2.30. The summed E-state index contributed by atoms with van der Waals surface area (Å²) in [6, 6.07) is 15.7. The Morgan fingerprint density at radius 3 is 2.64 bits per heavy atom. The second-order valence-corrected chi connectivity index (χ2v) is 6.96. The van der Waals surface area contributed by atoms with Crippen molar-refractivity contribution in [3.8, 4) is 0 Å². The average Bonchev–Trinajstić information content (AvgIpc) is 2.62. The Labute approximate surface area is 150 Å². The summed E-state index contributed by atoms with van der Waals surface area (Å²) >= 11 is 1.41. The highest BCUT2D eigenvalue weighted by Gasteiger charge is 2.15. The van der Waals surface area contributed by atoms with Gasteiger partial charge in [-0.05, 0) is 49.7 Å². The molecule has 0 spiro atoms. The number of nitrogens with one attached hydrogen (secondary N) is 1. The molecule has 1 heterocycles. The lowest BCUT2D eigenvalue weighted by atomic mass is 10.1. The first kappa shape index (κ1) is 17.4. The smallest absolute Gasteiger partial charge is 0.252 e. The van der Waals surface area contributed by atoms with Crippen LogP contribution in [0, 0.1) is 5.82 Å². The number of pyridine rings is 1. The molecular formula is C20H19FN2OS. The van der Waals surface area contributed by atoms with E-state index in [1.165, 1.54) is 23.9 Å². The van der Waals surface area contributed by atoms with Crippen LogP contribution in [-0.4, -0.2) is 16.9 Å². The Balaban J connectivity index is 1.99. The lowest BCUT2D eigenvalue weighted by Crippen LogP contribution is -2.32. The zero-order valence-electron chi connectivity index (χ0n) is 14.1. The number of nitrogens with zero attached hydrogens (tertiary/aromatic N) is 1. The van der Waals surface area contributed by atoms with Gasteiger partial charge in [-0.3, -0.25) is 4.79 Å². The molecule has 0 saturated heterocycles. The van der Waals surface area contributed by atoms with Crippen LogP contribution in [-0.2, 0) is 0 Å². The van der Waals surface area contributed by atoms with Crippen LogP contribution >= 0.6 is 11.8 Å². The first-order chi connectivity index (χ1) is 12.1. The normalized spacial score (nSPS) is 12.1. The first-order valence-corrected chi connectivity index (χ1v) is 9.02. The fourth-order valence-electron chi connectivity index (χ4n) is 2.42. The number of amides is 1. The third-order valence-electron chi connectivity index (χ3n) is 3.96. The molecule has 0 fully saturated rings. The predicted octanol–water partition coefficient (Wildman–Crippen LogP) is 5.05. The highest BCUT2D eigenvalue weighted by molar-refractivity contribution is 7.99. The maximum absolute atomic E-state index is 13.1. The molecule has 3 rings (SSSR count). The Morgan fingerprint density at radius 1 is 1.20 bits per heavy atom. The number of halogens is 1. The van der Waals surface area contributed by atoms with E-state index in [1.54, 1.807) is 18.2 Å². The molecule has 2 aromatic carbocycles. The van der Waals surface area contributed by atoms with Crippen LogP contribution in [0.15, 0.2) is 64.5 Å². The predicted molar refractivity (Wildman–Crippen MR) is 99.5 cm³/mol. The molecule has 25 heavy (non-hydrogen) atoms. The SMILES string of the molecule is CC[C@@H](C)NC(=O)c1cc(Sc2ccc(F)cc2)nc2ccccc12. The van der Waals surface area contributed by atoms with E-state index in [1.807, 2.05) is 38.1 Å². The minimum absolute atomic E-state index is 0.103. The number of carbonyl (C=O) groups is 1. The van der Waals surface area contributed by atoms with E-state index in [9.17, 15) is 9.18 Å². The van der Waals surface area contributed by atoms with Gasteiger partial charge in [-0.25, -0.2) is 9.37 Å². The van der Waals surface area contributed by atoms with E-state index in [2.05, 4.69) is 10.3 Å². The van der Waals surface area contributed by atoms with Crippen molar-refractivity contribution < 1.29 is 9.18 Å². The highest BCUT2D eigenvalue weighted by atomic mass is 32.2. The Bertz CT molecular complexity index is 896. The monoisotopic (exact) mass is 354 g/mol.